The minimum Gasteiger partial charge on any atom is -0.462 e. The van der Waals surface area contributed by atoms with Crippen molar-refractivity contribution in [2.45, 2.75) is 19.9 Å². The number of hydrogen-bond donors (Lipinski definition) is 1. The summed E-state index contributed by atoms with van der Waals surface area (Å²) in [5.74, 6) is -0.795. The summed E-state index contributed by atoms with van der Waals surface area (Å²) in [6.07, 6.45) is 0.744. The van der Waals surface area contributed by atoms with Crippen LogP contribution in [0.4, 0.5) is 5.00 Å². The third-order valence-electron chi connectivity index (χ3n) is 4.13. The second kappa shape index (κ2) is 9.26. The zero-order chi connectivity index (χ0) is 18.8. The van der Waals surface area contributed by atoms with Gasteiger partial charge in [-0.05, 0) is 44.2 Å². The molecule has 0 bridgehead atoms. The molecule has 1 N–H and O–H groups in total. The number of fused-ring (bicyclic) bond motifs is 1. The Morgan fingerprint density at radius 3 is 2.74 bits per heavy atom. The Kier molecular flexibility index (Phi) is 7.54. The minimum atomic E-state index is -0.410. The molecular formula is C18H19Cl3N2O3S. The van der Waals surface area contributed by atoms with Crippen LogP contribution in [0.25, 0.3) is 0 Å². The summed E-state index contributed by atoms with van der Waals surface area (Å²) >= 11 is 13.4. The largest absolute Gasteiger partial charge is 0.462 e. The van der Waals surface area contributed by atoms with Gasteiger partial charge >= 0.3 is 5.97 Å². The highest BCUT2D eigenvalue weighted by atomic mass is 35.5. The van der Waals surface area contributed by atoms with Crippen LogP contribution in [0.1, 0.15) is 38.1 Å². The van der Waals surface area contributed by atoms with E-state index in [0.29, 0.717) is 21.2 Å². The Bertz CT molecular complexity index is 870. The first-order valence-corrected chi connectivity index (χ1v) is 9.74. The van der Waals surface area contributed by atoms with Crippen molar-refractivity contribution in [1.82, 2.24) is 4.90 Å². The number of hydrogen-bond acceptors (Lipinski definition) is 5. The van der Waals surface area contributed by atoms with Crippen molar-refractivity contribution in [1.29, 1.82) is 0 Å². The molecule has 1 aliphatic rings. The van der Waals surface area contributed by atoms with Gasteiger partial charge in [0.05, 0.1) is 22.8 Å². The molecule has 27 heavy (non-hydrogen) atoms. The summed E-state index contributed by atoms with van der Waals surface area (Å²) in [5, 5.41) is 4.04. The second-order valence-corrected chi connectivity index (χ2v) is 7.94. The van der Waals surface area contributed by atoms with Crippen LogP contribution in [-0.2, 0) is 17.7 Å². The van der Waals surface area contributed by atoms with Crippen molar-refractivity contribution < 1.29 is 14.3 Å². The third-order valence-corrected chi connectivity index (χ3v) is 5.81. The Labute approximate surface area is 178 Å². The molecular weight excluding hydrogens is 431 g/mol. The molecule has 1 aromatic carbocycles. The van der Waals surface area contributed by atoms with Crippen LogP contribution in [0, 0.1) is 0 Å². The van der Waals surface area contributed by atoms with Gasteiger partial charge in [-0.15, -0.1) is 23.7 Å². The van der Waals surface area contributed by atoms with Gasteiger partial charge in [0.25, 0.3) is 5.91 Å². The smallest absolute Gasteiger partial charge is 0.341 e. The summed E-state index contributed by atoms with van der Waals surface area (Å²) in [6.45, 7) is 3.63. The first kappa shape index (κ1) is 22.0. The highest BCUT2D eigenvalue weighted by molar-refractivity contribution is 7.17. The number of esters is 1. The van der Waals surface area contributed by atoms with Crippen LogP contribution in [-0.4, -0.2) is 37.0 Å². The van der Waals surface area contributed by atoms with E-state index in [-0.39, 0.29) is 29.9 Å². The van der Waals surface area contributed by atoms with Gasteiger partial charge in [-0.25, -0.2) is 4.79 Å². The molecule has 0 fully saturated rings. The highest BCUT2D eigenvalue weighted by Gasteiger charge is 2.29. The first-order valence-electron chi connectivity index (χ1n) is 8.17. The summed E-state index contributed by atoms with van der Waals surface area (Å²) in [5.41, 5.74) is 1.72. The Hall–Kier alpha value is -1.31. The second-order valence-electron chi connectivity index (χ2n) is 5.99. The van der Waals surface area contributed by atoms with E-state index >= 15 is 0 Å². The summed E-state index contributed by atoms with van der Waals surface area (Å²) < 4.78 is 5.21. The van der Waals surface area contributed by atoms with Gasteiger partial charge in [0.1, 0.15) is 5.00 Å². The molecule has 1 aromatic heterocycles. The zero-order valence-corrected chi connectivity index (χ0v) is 17.9. The molecule has 0 unspecified atom stereocenters. The Morgan fingerprint density at radius 2 is 2.07 bits per heavy atom. The zero-order valence-electron chi connectivity index (χ0n) is 14.8. The van der Waals surface area contributed by atoms with Gasteiger partial charge in [0.15, 0.2) is 0 Å². The molecule has 1 aliphatic heterocycles. The number of anilines is 1. The lowest BCUT2D eigenvalue weighted by atomic mass is 10.0. The minimum absolute atomic E-state index is 0. The number of ether oxygens (including phenoxy) is 1. The maximum atomic E-state index is 12.7. The molecule has 1 amide bonds. The quantitative estimate of drug-likeness (QED) is 0.675. The van der Waals surface area contributed by atoms with E-state index in [9.17, 15) is 9.59 Å². The van der Waals surface area contributed by atoms with Gasteiger partial charge in [-0.3, -0.25) is 4.79 Å². The van der Waals surface area contributed by atoms with E-state index in [4.69, 9.17) is 27.9 Å². The number of carbonyl (C=O) groups is 2. The number of nitrogens with one attached hydrogen (secondary N) is 1. The average molecular weight is 450 g/mol. The monoisotopic (exact) mass is 448 g/mol. The van der Waals surface area contributed by atoms with Crippen molar-refractivity contribution in [3.8, 4) is 0 Å². The van der Waals surface area contributed by atoms with Gasteiger partial charge in [0.2, 0.25) is 0 Å². The van der Waals surface area contributed by atoms with Crippen molar-refractivity contribution in [2.24, 2.45) is 0 Å². The van der Waals surface area contributed by atoms with Crippen LogP contribution < -0.4 is 5.32 Å². The molecule has 0 spiro atoms. The van der Waals surface area contributed by atoms with E-state index in [1.165, 1.54) is 17.4 Å². The maximum Gasteiger partial charge on any atom is 0.341 e. The normalized spacial score (nSPS) is 13.5. The fraction of sp³-hybridized carbons (Fsp3) is 0.333. The Balaban J connectivity index is 0.00000261. The fourth-order valence-corrected chi connectivity index (χ4v) is 4.69. The SMILES string of the molecule is CCOC(=O)c1c(NC(=O)c2ccc(Cl)cc2Cl)sc2c1CCN(C)C2.Cl. The summed E-state index contributed by atoms with van der Waals surface area (Å²) in [4.78, 5) is 28.4. The molecule has 9 heteroatoms. The van der Waals surface area contributed by atoms with Crippen LogP contribution in [0.3, 0.4) is 0 Å². The average Bonchev–Trinajstić information content (AvgIpc) is 2.91. The molecule has 2 heterocycles. The number of amides is 1. The molecule has 2 aromatic rings. The standard InChI is InChI=1S/C18H18Cl2N2O3S.ClH/c1-3-25-18(24)15-12-6-7-22(2)9-14(12)26-17(15)21-16(23)11-5-4-10(19)8-13(11)20;/h4-5,8H,3,6-7,9H2,1-2H3,(H,21,23);1H. The number of benzene rings is 1. The van der Waals surface area contributed by atoms with Gasteiger partial charge < -0.3 is 15.0 Å². The van der Waals surface area contributed by atoms with Crippen LogP contribution >= 0.6 is 46.9 Å². The summed E-state index contributed by atoms with van der Waals surface area (Å²) in [7, 11) is 2.03. The number of likely N-dealkylation sites (N-methyl/N-ethyl adjacent to an activating group) is 1. The third kappa shape index (κ3) is 4.76. The van der Waals surface area contributed by atoms with Crippen molar-refractivity contribution >= 4 is 63.8 Å². The predicted molar refractivity (Wildman–Crippen MR) is 112 cm³/mol. The van der Waals surface area contributed by atoms with E-state index in [1.807, 2.05) is 7.05 Å². The van der Waals surface area contributed by atoms with Crippen molar-refractivity contribution in [2.75, 3.05) is 25.5 Å². The van der Waals surface area contributed by atoms with Crippen molar-refractivity contribution in [3.05, 3.63) is 49.8 Å². The number of rotatable bonds is 4. The van der Waals surface area contributed by atoms with Gasteiger partial charge in [-0.2, -0.15) is 0 Å². The van der Waals surface area contributed by atoms with E-state index in [1.54, 1.807) is 19.1 Å². The first-order chi connectivity index (χ1) is 12.4. The maximum absolute atomic E-state index is 12.7. The molecule has 3 rings (SSSR count). The number of nitrogens with zero attached hydrogens (tertiary/aromatic N) is 1. The molecule has 0 atom stereocenters. The molecule has 146 valence electrons. The lowest BCUT2D eigenvalue weighted by Crippen LogP contribution is -2.26. The van der Waals surface area contributed by atoms with Crippen molar-refractivity contribution in [3.63, 3.8) is 0 Å². The van der Waals surface area contributed by atoms with E-state index < -0.39 is 5.97 Å². The van der Waals surface area contributed by atoms with Crippen LogP contribution in [0.5, 0.6) is 0 Å². The molecule has 0 aliphatic carbocycles. The highest BCUT2D eigenvalue weighted by Crippen LogP contribution is 2.38. The van der Waals surface area contributed by atoms with Gasteiger partial charge in [-0.1, -0.05) is 23.2 Å². The molecule has 0 saturated carbocycles. The fourth-order valence-electron chi connectivity index (χ4n) is 2.88. The molecule has 5 nitrogen and oxygen atoms in total. The number of thiophene rings is 1. The van der Waals surface area contributed by atoms with E-state index in [0.717, 1.165) is 30.0 Å². The number of carbonyl (C=O) groups excluding carboxylic acids is 2. The molecule has 0 radical (unpaired) electrons. The predicted octanol–water partition coefficient (Wildman–Crippen LogP) is 4.89. The Morgan fingerprint density at radius 1 is 1.33 bits per heavy atom. The summed E-state index contributed by atoms with van der Waals surface area (Å²) in [6, 6.07) is 4.67. The van der Waals surface area contributed by atoms with E-state index in [2.05, 4.69) is 10.2 Å². The molecule has 0 saturated heterocycles. The number of halogens is 3. The topological polar surface area (TPSA) is 58.6 Å². The lowest BCUT2D eigenvalue weighted by molar-refractivity contribution is 0.0526. The lowest BCUT2D eigenvalue weighted by Gasteiger charge is -2.22. The van der Waals surface area contributed by atoms with Gasteiger partial charge in [0, 0.05) is 23.0 Å². The van der Waals surface area contributed by atoms with Crippen LogP contribution in [0.2, 0.25) is 10.0 Å². The van der Waals surface area contributed by atoms with Crippen LogP contribution in [0.15, 0.2) is 18.2 Å².